The van der Waals surface area contributed by atoms with Gasteiger partial charge in [-0.25, -0.2) is 0 Å². The molecule has 1 heterocycles. The van der Waals surface area contributed by atoms with E-state index in [1.165, 1.54) is 0 Å². The van der Waals surface area contributed by atoms with Crippen molar-refractivity contribution in [3.63, 3.8) is 0 Å². The van der Waals surface area contributed by atoms with E-state index in [1.54, 1.807) is 0 Å². The zero-order valence-corrected chi connectivity index (χ0v) is 9.93. The first kappa shape index (κ1) is 22.8. The molecule has 0 unspecified atom stereocenters. The quantitative estimate of drug-likeness (QED) is 0.430. The number of hydrogen-bond donors (Lipinski definition) is 1. The van der Waals surface area contributed by atoms with Crippen molar-refractivity contribution in [3.8, 4) is 0 Å². The van der Waals surface area contributed by atoms with Gasteiger partial charge >= 0.3 is 19.5 Å². The second-order valence-electron chi connectivity index (χ2n) is 1.70. The minimum atomic E-state index is -2.33. The van der Waals surface area contributed by atoms with Crippen LogP contribution in [-0.4, -0.2) is 29.6 Å². The van der Waals surface area contributed by atoms with Crippen molar-refractivity contribution in [2.24, 2.45) is 0 Å². The summed E-state index contributed by atoms with van der Waals surface area (Å²) in [6, 6.07) is 0. The Morgan fingerprint density at radius 3 is 1.77 bits per heavy atom. The third kappa shape index (κ3) is 24.6. The molecule has 8 heteroatoms. The molecule has 1 aliphatic rings. The molecule has 7 nitrogen and oxygen atoms in total. The van der Waals surface area contributed by atoms with Crippen LogP contribution in [0, 0.1) is 0 Å². The fraction of sp³-hybridized carbons (Fsp3) is 0.600. The average Bonchev–Trinajstić information content (AvgIpc) is 2.15. The maximum atomic E-state index is 10.1. The van der Waals surface area contributed by atoms with E-state index in [0.717, 1.165) is 19.4 Å². The third-order valence-electron chi connectivity index (χ3n) is 0.903. The summed E-state index contributed by atoms with van der Waals surface area (Å²) in [4.78, 5) is 18.5. The van der Waals surface area contributed by atoms with Crippen LogP contribution in [0.2, 0.25) is 0 Å². The summed E-state index contributed by atoms with van der Waals surface area (Å²) in [5.74, 6) is 0.204. The van der Waals surface area contributed by atoms with Crippen LogP contribution in [0.4, 0.5) is 4.79 Å². The molecule has 1 fully saturated rings. The average molecular weight is 247 g/mol. The molecule has 0 aromatic carbocycles. The first-order chi connectivity index (χ1) is 4.63. The Bertz CT molecular complexity index is 129. The van der Waals surface area contributed by atoms with Crippen molar-refractivity contribution in [1.82, 2.24) is 5.32 Å². The zero-order chi connectivity index (χ0) is 7.98. The maximum Gasteiger partial charge on any atom is 2.00 e. The molecule has 0 atom stereocenters. The molecule has 0 aromatic rings. The topological polar surface area (TPSA) is 155 Å². The van der Waals surface area contributed by atoms with Gasteiger partial charge in [0.15, 0.2) is 0 Å². The van der Waals surface area contributed by atoms with E-state index < -0.39 is 6.16 Å². The van der Waals surface area contributed by atoms with Crippen LogP contribution in [0.5, 0.6) is 0 Å². The zero-order valence-electron chi connectivity index (χ0n) is 6.96. The molecule has 0 saturated carbocycles. The van der Waals surface area contributed by atoms with Gasteiger partial charge in [-0.15, -0.1) is 0 Å². The Balaban J connectivity index is -0.0000000536. The minimum absolute atomic E-state index is 0. The molecule has 13 heavy (non-hydrogen) atoms. The van der Waals surface area contributed by atoms with Crippen molar-refractivity contribution in [2.45, 2.75) is 12.8 Å². The fourth-order valence-corrected chi connectivity index (χ4v) is 0.565. The fourth-order valence-electron chi connectivity index (χ4n) is 0.565. The summed E-state index contributed by atoms with van der Waals surface area (Å²) in [6.45, 7) is 0.888. The Morgan fingerprint density at radius 1 is 1.31 bits per heavy atom. The van der Waals surface area contributed by atoms with E-state index in [2.05, 4.69) is 5.32 Å². The van der Waals surface area contributed by atoms with E-state index >= 15 is 0 Å². The Labute approximate surface area is 87.5 Å². The first-order valence-electron chi connectivity index (χ1n) is 2.77. The number of hydrogen-bond acceptors (Lipinski definition) is 4. The van der Waals surface area contributed by atoms with Crippen molar-refractivity contribution in [3.05, 3.63) is 0 Å². The molecular weight excluding hydrogens is 235 g/mol. The van der Waals surface area contributed by atoms with Gasteiger partial charge in [0.25, 0.3) is 0 Å². The molecule has 1 rings (SSSR count). The smallest absolute Gasteiger partial charge is 0.652 e. The number of carbonyl (C=O) groups is 2. The largest absolute Gasteiger partial charge is 2.00 e. The van der Waals surface area contributed by atoms with Crippen molar-refractivity contribution in [2.75, 3.05) is 6.54 Å². The van der Waals surface area contributed by atoms with Crippen LogP contribution < -0.4 is 15.5 Å². The molecule has 0 aromatic heterocycles. The van der Waals surface area contributed by atoms with E-state index in [1.807, 2.05) is 0 Å². The molecule has 0 bridgehead atoms. The van der Waals surface area contributed by atoms with Gasteiger partial charge in [-0.05, 0) is 12.6 Å². The van der Waals surface area contributed by atoms with Gasteiger partial charge < -0.3 is 31.3 Å². The summed E-state index contributed by atoms with van der Waals surface area (Å²) in [5, 5.41) is 19.3. The molecule has 0 aliphatic carbocycles. The summed E-state index contributed by atoms with van der Waals surface area (Å²) < 4.78 is 0. The Kier molecular flexibility index (Phi) is 24.3. The predicted octanol–water partition coefficient (Wildman–Crippen LogP) is -4.20. The minimum Gasteiger partial charge on any atom is -0.652 e. The number of carbonyl (C=O) groups excluding carboxylic acids is 2. The molecule has 74 valence electrons. The van der Waals surface area contributed by atoms with Gasteiger partial charge in [0, 0.05) is 13.0 Å². The number of amides is 1. The van der Waals surface area contributed by atoms with E-state index in [-0.39, 0.29) is 36.3 Å². The van der Waals surface area contributed by atoms with Crippen LogP contribution in [0.1, 0.15) is 12.8 Å². The van der Waals surface area contributed by atoms with E-state index in [9.17, 15) is 4.79 Å². The number of rotatable bonds is 0. The normalized spacial score (nSPS) is 11.5. The molecule has 1 amide bonds. The van der Waals surface area contributed by atoms with E-state index in [4.69, 9.17) is 15.0 Å². The summed E-state index contributed by atoms with van der Waals surface area (Å²) >= 11 is 0. The Morgan fingerprint density at radius 2 is 1.69 bits per heavy atom. The van der Waals surface area contributed by atoms with Gasteiger partial charge in [0.1, 0.15) is 0 Å². The predicted molar refractivity (Wildman–Crippen MR) is 34.9 cm³/mol. The van der Waals surface area contributed by atoms with Gasteiger partial charge in [0.2, 0.25) is 5.91 Å². The van der Waals surface area contributed by atoms with Crippen LogP contribution in [0.25, 0.3) is 0 Å². The van der Waals surface area contributed by atoms with Crippen LogP contribution in [0.3, 0.4) is 0 Å². The monoisotopic (exact) mass is 245 g/mol. The van der Waals surface area contributed by atoms with Crippen molar-refractivity contribution >= 4 is 12.1 Å². The van der Waals surface area contributed by atoms with Gasteiger partial charge in [-0.1, -0.05) is 0 Å². The molecule has 0 spiro atoms. The van der Waals surface area contributed by atoms with Crippen molar-refractivity contribution in [1.29, 1.82) is 0 Å². The third-order valence-corrected chi connectivity index (χ3v) is 0.903. The van der Waals surface area contributed by atoms with Crippen LogP contribution in [-0.2, 0) is 24.3 Å². The standard InChI is InChI=1S/C4H7NO.CH2O3.2H2O.Zn/c6-4-2-1-3-5-4;2-1(3)4;;;/h1-3H2,(H,5,6);(H2,2,3,4);2*1H2;/q;;;;+2/p-2. The van der Waals surface area contributed by atoms with Gasteiger partial charge in [-0.2, -0.15) is 0 Å². The second kappa shape index (κ2) is 13.8. The Hall–Kier alpha value is -0.717. The molecule has 1 saturated heterocycles. The molecule has 0 radical (unpaired) electrons. The SMILES string of the molecule is O.O.O=C([O-])[O-].O=C1CCCN1.[Zn+2]. The number of carboxylic acid groups (broad SMARTS) is 2. The molecular formula is C5H11NO6Zn. The molecule has 1 aliphatic heterocycles. The number of nitrogens with one attached hydrogen (secondary N) is 1. The van der Waals surface area contributed by atoms with Gasteiger partial charge in [-0.3, -0.25) is 4.79 Å². The first-order valence-corrected chi connectivity index (χ1v) is 2.77. The summed E-state index contributed by atoms with van der Waals surface area (Å²) in [7, 11) is 0. The second-order valence-corrected chi connectivity index (χ2v) is 1.70. The molecule has 5 N–H and O–H groups in total. The summed E-state index contributed by atoms with van der Waals surface area (Å²) in [5.41, 5.74) is 0. The van der Waals surface area contributed by atoms with Crippen LogP contribution in [0.15, 0.2) is 0 Å². The van der Waals surface area contributed by atoms with Crippen molar-refractivity contribution < 1.29 is 50.2 Å². The maximum absolute atomic E-state index is 10.1. The van der Waals surface area contributed by atoms with E-state index in [0.29, 0.717) is 0 Å². The summed E-state index contributed by atoms with van der Waals surface area (Å²) in [6.07, 6.45) is -0.571. The van der Waals surface area contributed by atoms with Crippen LogP contribution >= 0.6 is 0 Å². The van der Waals surface area contributed by atoms with Gasteiger partial charge in [0.05, 0.1) is 0 Å².